The first-order valence-corrected chi connectivity index (χ1v) is 4.10. The highest BCUT2D eigenvalue weighted by molar-refractivity contribution is 6.32. The van der Waals surface area contributed by atoms with Crippen LogP contribution in [0.5, 0.6) is 0 Å². The number of benzene rings is 1. The number of aldehydes is 1. The summed E-state index contributed by atoms with van der Waals surface area (Å²) in [6, 6.07) is 4.40. The van der Waals surface area contributed by atoms with E-state index in [1.54, 1.807) is 13.0 Å². The lowest BCUT2D eigenvalue weighted by molar-refractivity contribution is -0.104. The van der Waals surface area contributed by atoms with E-state index in [9.17, 15) is 9.18 Å². The van der Waals surface area contributed by atoms with Crippen molar-refractivity contribution in [1.82, 2.24) is 0 Å². The molecule has 0 aliphatic heterocycles. The zero-order chi connectivity index (χ0) is 9.84. The highest BCUT2D eigenvalue weighted by Crippen LogP contribution is 2.21. The van der Waals surface area contributed by atoms with Gasteiger partial charge in [0.2, 0.25) is 0 Å². The Bertz CT molecular complexity index is 338. The molecule has 3 heteroatoms. The fourth-order valence-electron chi connectivity index (χ4n) is 0.910. The number of hydrogen-bond acceptors (Lipinski definition) is 1. The van der Waals surface area contributed by atoms with Gasteiger partial charge >= 0.3 is 0 Å². The van der Waals surface area contributed by atoms with Gasteiger partial charge in [0.25, 0.3) is 0 Å². The lowest BCUT2D eigenvalue weighted by atomic mass is 10.1. The summed E-state index contributed by atoms with van der Waals surface area (Å²) in [6.07, 6.45) is 2.08. The lowest BCUT2D eigenvalue weighted by Gasteiger charge is -1.99. The minimum Gasteiger partial charge on any atom is -0.298 e. The standard InChI is InChI=1S/C10H8ClFO/c1-7(6-13)5-8-9(11)3-2-4-10(8)12/h2-6H,1H3/b7-5+. The quantitative estimate of drug-likeness (QED) is 0.527. The minimum absolute atomic E-state index is 0.258. The Labute approximate surface area is 80.8 Å². The van der Waals surface area contributed by atoms with Crippen LogP contribution in [-0.4, -0.2) is 6.29 Å². The van der Waals surface area contributed by atoms with Gasteiger partial charge in [0.15, 0.2) is 0 Å². The monoisotopic (exact) mass is 198 g/mol. The highest BCUT2D eigenvalue weighted by Gasteiger charge is 2.03. The van der Waals surface area contributed by atoms with Gasteiger partial charge < -0.3 is 0 Å². The highest BCUT2D eigenvalue weighted by atomic mass is 35.5. The largest absolute Gasteiger partial charge is 0.298 e. The maximum atomic E-state index is 13.1. The normalized spacial score (nSPS) is 11.5. The molecule has 0 radical (unpaired) electrons. The molecule has 0 amide bonds. The third-order valence-electron chi connectivity index (χ3n) is 1.56. The van der Waals surface area contributed by atoms with Crippen LogP contribution in [0, 0.1) is 5.82 Å². The zero-order valence-corrected chi connectivity index (χ0v) is 7.81. The van der Waals surface area contributed by atoms with Gasteiger partial charge in [0.05, 0.1) is 5.02 Å². The third kappa shape index (κ3) is 2.39. The summed E-state index contributed by atoms with van der Waals surface area (Å²) in [5.41, 5.74) is 0.695. The molecule has 0 bridgehead atoms. The van der Waals surface area contributed by atoms with Gasteiger partial charge in [0.1, 0.15) is 12.1 Å². The molecule has 0 aromatic heterocycles. The van der Waals surface area contributed by atoms with Crippen LogP contribution in [-0.2, 0) is 4.79 Å². The van der Waals surface area contributed by atoms with E-state index in [1.165, 1.54) is 18.2 Å². The maximum absolute atomic E-state index is 13.1. The Hall–Kier alpha value is -1.15. The maximum Gasteiger partial charge on any atom is 0.145 e. The summed E-state index contributed by atoms with van der Waals surface area (Å²) in [4.78, 5) is 10.3. The molecule has 0 spiro atoms. The van der Waals surface area contributed by atoms with Gasteiger partial charge in [-0.15, -0.1) is 0 Å². The van der Waals surface area contributed by atoms with Gasteiger partial charge in [-0.05, 0) is 30.7 Å². The number of rotatable bonds is 2. The van der Waals surface area contributed by atoms with Crippen molar-refractivity contribution in [2.24, 2.45) is 0 Å². The lowest BCUT2D eigenvalue weighted by Crippen LogP contribution is -1.85. The average Bonchev–Trinajstić information content (AvgIpc) is 2.11. The molecule has 0 unspecified atom stereocenters. The Balaban J connectivity index is 3.21. The third-order valence-corrected chi connectivity index (χ3v) is 1.89. The topological polar surface area (TPSA) is 17.1 Å². The van der Waals surface area contributed by atoms with Crippen LogP contribution >= 0.6 is 11.6 Å². The summed E-state index contributed by atoms with van der Waals surface area (Å²) >= 11 is 5.73. The molecule has 68 valence electrons. The molecule has 0 aliphatic rings. The summed E-state index contributed by atoms with van der Waals surface area (Å²) < 4.78 is 13.1. The van der Waals surface area contributed by atoms with E-state index in [2.05, 4.69) is 0 Å². The molecule has 0 saturated heterocycles. The van der Waals surface area contributed by atoms with Crippen molar-refractivity contribution in [1.29, 1.82) is 0 Å². The van der Waals surface area contributed by atoms with E-state index >= 15 is 0 Å². The average molecular weight is 199 g/mol. The van der Waals surface area contributed by atoms with Crippen LogP contribution in [0.25, 0.3) is 6.08 Å². The van der Waals surface area contributed by atoms with E-state index in [0.29, 0.717) is 16.9 Å². The predicted molar refractivity (Wildman–Crippen MR) is 51.1 cm³/mol. The summed E-state index contributed by atoms with van der Waals surface area (Å²) in [5, 5.41) is 0.307. The van der Waals surface area contributed by atoms with E-state index < -0.39 is 5.82 Å². The first-order valence-electron chi connectivity index (χ1n) is 3.72. The van der Waals surface area contributed by atoms with E-state index in [4.69, 9.17) is 11.6 Å². The molecule has 13 heavy (non-hydrogen) atoms. The molecule has 1 aromatic carbocycles. The van der Waals surface area contributed by atoms with Gasteiger partial charge in [-0.25, -0.2) is 4.39 Å². The van der Waals surface area contributed by atoms with Gasteiger partial charge in [0, 0.05) is 5.56 Å². The van der Waals surface area contributed by atoms with Crippen LogP contribution < -0.4 is 0 Å². The Morgan fingerprint density at radius 1 is 1.54 bits per heavy atom. The van der Waals surface area contributed by atoms with Gasteiger partial charge in [-0.1, -0.05) is 17.7 Å². The molecular formula is C10H8ClFO. The molecule has 1 rings (SSSR count). The molecule has 0 fully saturated rings. The van der Waals surface area contributed by atoms with E-state index in [0.717, 1.165) is 0 Å². The van der Waals surface area contributed by atoms with Crippen LogP contribution in [0.1, 0.15) is 12.5 Å². The molecule has 0 aliphatic carbocycles. The molecule has 0 saturated carbocycles. The molecule has 1 nitrogen and oxygen atoms in total. The Morgan fingerprint density at radius 2 is 2.23 bits per heavy atom. The van der Waals surface area contributed by atoms with Crippen LogP contribution in [0.2, 0.25) is 5.02 Å². The zero-order valence-electron chi connectivity index (χ0n) is 7.05. The fourth-order valence-corrected chi connectivity index (χ4v) is 1.13. The number of halogens is 2. The summed E-state index contributed by atoms with van der Waals surface area (Å²) in [5.74, 6) is -0.422. The van der Waals surface area contributed by atoms with E-state index in [1.807, 2.05) is 0 Å². The van der Waals surface area contributed by atoms with Crippen molar-refractivity contribution < 1.29 is 9.18 Å². The van der Waals surface area contributed by atoms with Crippen molar-refractivity contribution >= 4 is 24.0 Å². The van der Waals surface area contributed by atoms with Gasteiger partial charge in [-0.3, -0.25) is 4.79 Å². The SMILES string of the molecule is C/C(C=O)=C\c1c(F)cccc1Cl. The molecule has 1 aromatic rings. The smallest absolute Gasteiger partial charge is 0.145 e. The van der Waals surface area contributed by atoms with Crippen LogP contribution in [0.4, 0.5) is 4.39 Å². The van der Waals surface area contributed by atoms with E-state index in [-0.39, 0.29) is 5.56 Å². The molecule has 0 heterocycles. The van der Waals surface area contributed by atoms with Gasteiger partial charge in [-0.2, -0.15) is 0 Å². The van der Waals surface area contributed by atoms with Crippen molar-refractivity contribution in [2.75, 3.05) is 0 Å². The number of carbonyl (C=O) groups is 1. The first kappa shape index (κ1) is 9.93. The second-order valence-electron chi connectivity index (χ2n) is 2.64. The first-order chi connectivity index (χ1) is 6.15. The second kappa shape index (κ2) is 4.19. The van der Waals surface area contributed by atoms with Crippen molar-refractivity contribution in [3.63, 3.8) is 0 Å². The minimum atomic E-state index is -0.422. The van der Waals surface area contributed by atoms with Crippen molar-refractivity contribution in [2.45, 2.75) is 6.92 Å². The molecule has 0 N–H and O–H groups in total. The number of allylic oxidation sites excluding steroid dienone is 1. The Morgan fingerprint density at radius 3 is 2.77 bits per heavy atom. The predicted octanol–water partition coefficient (Wildman–Crippen LogP) is 3.08. The molecular weight excluding hydrogens is 191 g/mol. The van der Waals surface area contributed by atoms with Crippen molar-refractivity contribution in [3.8, 4) is 0 Å². The molecule has 0 atom stereocenters. The summed E-state index contributed by atoms with van der Waals surface area (Å²) in [7, 11) is 0. The van der Waals surface area contributed by atoms with Crippen LogP contribution in [0.15, 0.2) is 23.8 Å². The van der Waals surface area contributed by atoms with Crippen LogP contribution in [0.3, 0.4) is 0 Å². The number of carbonyl (C=O) groups excluding carboxylic acids is 1. The summed E-state index contributed by atoms with van der Waals surface area (Å²) in [6.45, 7) is 1.59. The second-order valence-corrected chi connectivity index (χ2v) is 3.05. The number of hydrogen-bond donors (Lipinski definition) is 0. The Kier molecular flexibility index (Phi) is 3.20. The van der Waals surface area contributed by atoms with Crippen molar-refractivity contribution in [3.05, 3.63) is 40.2 Å². The fraction of sp³-hybridized carbons (Fsp3) is 0.100.